The van der Waals surface area contributed by atoms with Gasteiger partial charge in [-0.3, -0.25) is 9.80 Å². The lowest BCUT2D eigenvalue weighted by Crippen LogP contribution is -2.49. The van der Waals surface area contributed by atoms with Crippen molar-refractivity contribution in [1.29, 1.82) is 0 Å². The van der Waals surface area contributed by atoms with Crippen LogP contribution in [-0.4, -0.2) is 62.2 Å². The van der Waals surface area contributed by atoms with Crippen molar-refractivity contribution >= 4 is 11.6 Å². The Balaban J connectivity index is 1.55. The molecule has 2 aliphatic rings. The van der Waals surface area contributed by atoms with E-state index in [9.17, 15) is 0 Å². The third kappa shape index (κ3) is 3.69. The molecular formula is C16H24ClN3O. The average molecular weight is 310 g/mol. The van der Waals surface area contributed by atoms with E-state index in [4.69, 9.17) is 16.3 Å². The highest BCUT2D eigenvalue weighted by atomic mass is 35.5. The first-order valence-electron chi connectivity index (χ1n) is 7.76. The zero-order valence-electron chi connectivity index (χ0n) is 12.6. The summed E-state index contributed by atoms with van der Waals surface area (Å²) in [4.78, 5) is 5.17. The molecule has 4 nitrogen and oxygen atoms in total. The van der Waals surface area contributed by atoms with Gasteiger partial charge in [0.15, 0.2) is 0 Å². The van der Waals surface area contributed by atoms with Crippen LogP contribution in [0.3, 0.4) is 0 Å². The minimum Gasteiger partial charge on any atom is -0.495 e. The molecular weight excluding hydrogens is 286 g/mol. The molecule has 1 N–H and O–H groups in total. The lowest BCUT2D eigenvalue weighted by Gasteiger charge is -2.32. The summed E-state index contributed by atoms with van der Waals surface area (Å²) in [6, 6.07) is 6.82. The van der Waals surface area contributed by atoms with Crippen LogP contribution in [0.4, 0.5) is 0 Å². The van der Waals surface area contributed by atoms with Crippen LogP contribution >= 0.6 is 11.6 Å². The summed E-state index contributed by atoms with van der Waals surface area (Å²) in [5.74, 6) is 0.750. The molecule has 0 saturated carbocycles. The Morgan fingerprint density at radius 2 is 2.10 bits per heavy atom. The summed E-state index contributed by atoms with van der Waals surface area (Å²) in [6.45, 7) is 7.96. The first-order valence-corrected chi connectivity index (χ1v) is 8.13. The van der Waals surface area contributed by atoms with E-state index >= 15 is 0 Å². The first kappa shape index (κ1) is 15.1. The second kappa shape index (κ2) is 6.97. The Morgan fingerprint density at radius 3 is 2.81 bits per heavy atom. The van der Waals surface area contributed by atoms with Crippen molar-refractivity contribution in [2.24, 2.45) is 0 Å². The van der Waals surface area contributed by atoms with Crippen molar-refractivity contribution in [3.8, 4) is 5.75 Å². The molecule has 2 saturated heterocycles. The fourth-order valence-corrected chi connectivity index (χ4v) is 3.65. The van der Waals surface area contributed by atoms with Gasteiger partial charge in [-0.2, -0.15) is 0 Å². The van der Waals surface area contributed by atoms with Gasteiger partial charge in [-0.15, -0.1) is 0 Å². The third-order valence-electron chi connectivity index (χ3n) is 4.54. The zero-order valence-corrected chi connectivity index (χ0v) is 13.4. The molecule has 116 valence electrons. The van der Waals surface area contributed by atoms with E-state index in [1.807, 2.05) is 12.1 Å². The molecule has 21 heavy (non-hydrogen) atoms. The van der Waals surface area contributed by atoms with Crippen LogP contribution in [0.25, 0.3) is 0 Å². The summed E-state index contributed by atoms with van der Waals surface area (Å²) in [5.41, 5.74) is 1.27. The van der Waals surface area contributed by atoms with Gasteiger partial charge in [0.25, 0.3) is 0 Å². The molecule has 0 aliphatic carbocycles. The van der Waals surface area contributed by atoms with Gasteiger partial charge < -0.3 is 10.1 Å². The second-order valence-corrected chi connectivity index (χ2v) is 6.34. The van der Waals surface area contributed by atoms with Gasteiger partial charge in [-0.25, -0.2) is 0 Å². The van der Waals surface area contributed by atoms with Gasteiger partial charge in [-0.05, 0) is 24.1 Å². The Labute approximate surface area is 132 Å². The summed E-state index contributed by atoms with van der Waals surface area (Å²) in [6.07, 6.45) is 1.28. The Bertz CT molecular complexity index is 477. The largest absolute Gasteiger partial charge is 0.495 e. The van der Waals surface area contributed by atoms with Crippen molar-refractivity contribution in [1.82, 2.24) is 15.1 Å². The Morgan fingerprint density at radius 1 is 1.29 bits per heavy atom. The van der Waals surface area contributed by atoms with Gasteiger partial charge in [-0.1, -0.05) is 17.7 Å². The van der Waals surface area contributed by atoms with Gasteiger partial charge in [0.2, 0.25) is 0 Å². The van der Waals surface area contributed by atoms with E-state index in [-0.39, 0.29) is 0 Å². The van der Waals surface area contributed by atoms with E-state index in [1.54, 1.807) is 7.11 Å². The van der Waals surface area contributed by atoms with Crippen molar-refractivity contribution < 1.29 is 4.74 Å². The monoisotopic (exact) mass is 309 g/mol. The summed E-state index contributed by atoms with van der Waals surface area (Å²) < 4.78 is 5.21. The van der Waals surface area contributed by atoms with E-state index in [0.717, 1.165) is 31.4 Å². The van der Waals surface area contributed by atoms with E-state index in [0.29, 0.717) is 5.02 Å². The maximum atomic E-state index is 6.21. The topological polar surface area (TPSA) is 27.7 Å². The van der Waals surface area contributed by atoms with E-state index < -0.39 is 0 Å². The van der Waals surface area contributed by atoms with Crippen LogP contribution < -0.4 is 10.1 Å². The summed E-state index contributed by atoms with van der Waals surface area (Å²) >= 11 is 6.21. The van der Waals surface area contributed by atoms with E-state index in [1.165, 1.54) is 38.2 Å². The standard InChI is InChI=1S/C16H24ClN3O/c1-21-16-3-2-13(10-15(16)17)11-19-7-4-14(12-19)20-8-5-18-6-9-20/h2-3,10,14,18H,4-9,11-12H2,1H3. The molecule has 2 aliphatic heterocycles. The van der Waals surface area contributed by atoms with Gasteiger partial charge in [0.1, 0.15) is 5.75 Å². The number of nitrogens with zero attached hydrogens (tertiary/aromatic N) is 2. The number of benzene rings is 1. The fraction of sp³-hybridized carbons (Fsp3) is 0.625. The molecule has 1 aromatic carbocycles. The number of nitrogens with one attached hydrogen (secondary N) is 1. The number of methoxy groups -OCH3 is 1. The highest BCUT2D eigenvalue weighted by Crippen LogP contribution is 2.26. The maximum Gasteiger partial charge on any atom is 0.137 e. The van der Waals surface area contributed by atoms with Crippen LogP contribution in [0.5, 0.6) is 5.75 Å². The van der Waals surface area contributed by atoms with Gasteiger partial charge >= 0.3 is 0 Å². The van der Waals surface area contributed by atoms with Crippen molar-refractivity contribution in [3.05, 3.63) is 28.8 Å². The number of ether oxygens (including phenoxy) is 1. The third-order valence-corrected chi connectivity index (χ3v) is 4.83. The van der Waals surface area contributed by atoms with Crippen LogP contribution in [-0.2, 0) is 6.54 Å². The Kier molecular flexibility index (Phi) is 5.01. The zero-order chi connectivity index (χ0) is 14.7. The number of piperazine rings is 1. The van der Waals surface area contributed by atoms with Gasteiger partial charge in [0.05, 0.1) is 12.1 Å². The molecule has 1 aromatic rings. The molecule has 3 rings (SSSR count). The highest BCUT2D eigenvalue weighted by molar-refractivity contribution is 6.32. The molecule has 1 atom stereocenters. The fourth-order valence-electron chi connectivity index (χ4n) is 3.37. The van der Waals surface area contributed by atoms with E-state index in [2.05, 4.69) is 21.2 Å². The minimum absolute atomic E-state index is 0.702. The van der Waals surface area contributed by atoms with Crippen LogP contribution in [0.15, 0.2) is 18.2 Å². The number of halogens is 1. The van der Waals surface area contributed by atoms with Crippen LogP contribution in [0.1, 0.15) is 12.0 Å². The molecule has 0 amide bonds. The number of hydrogen-bond donors (Lipinski definition) is 1. The second-order valence-electron chi connectivity index (χ2n) is 5.93. The molecule has 0 spiro atoms. The minimum atomic E-state index is 0.702. The normalized spacial score (nSPS) is 24.4. The number of hydrogen-bond acceptors (Lipinski definition) is 4. The van der Waals surface area contributed by atoms with Crippen molar-refractivity contribution in [3.63, 3.8) is 0 Å². The number of likely N-dealkylation sites (tertiary alicyclic amines) is 1. The molecule has 1 unspecified atom stereocenters. The quantitative estimate of drug-likeness (QED) is 0.918. The smallest absolute Gasteiger partial charge is 0.137 e. The molecule has 2 fully saturated rings. The Hall–Kier alpha value is -0.810. The SMILES string of the molecule is COc1ccc(CN2CCC(N3CCNCC3)C2)cc1Cl. The molecule has 0 aromatic heterocycles. The van der Waals surface area contributed by atoms with Gasteiger partial charge in [0, 0.05) is 51.9 Å². The molecule has 2 heterocycles. The number of rotatable bonds is 4. The first-order chi connectivity index (χ1) is 10.3. The lowest BCUT2D eigenvalue weighted by atomic mass is 10.2. The van der Waals surface area contributed by atoms with Crippen molar-refractivity contribution in [2.45, 2.75) is 19.0 Å². The van der Waals surface area contributed by atoms with Crippen LogP contribution in [0.2, 0.25) is 5.02 Å². The predicted molar refractivity (Wildman–Crippen MR) is 86.1 cm³/mol. The molecule has 0 radical (unpaired) electrons. The predicted octanol–water partition coefficient (Wildman–Crippen LogP) is 1.83. The maximum absolute atomic E-state index is 6.21. The van der Waals surface area contributed by atoms with Crippen LogP contribution in [0, 0.1) is 0 Å². The van der Waals surface area contributed by atoms with Crippen molar-refractivity contribution in [2.75, 3.05) is 46.4 Å². The summed E-state index contributed by atoms with van der Waals surface area (Å²) in [7, 11) is 1.65. The average Bonchev–Trinajstić information content (AvgIpc) is 2.97. The molecule has 5 heteroatoms. The highest BCUT2D eigenvalue weighted by Gasteiger charge is 2.28. The molecule has 0 bridgehead atoms. The lowest BCUT2D eigenvalue weighted by molar-refractivity contribution is 0.170. The summed E-state index contributed by atoms with van der Waals surface area (Å²) in [5, 5.41) is 4.13.